The molecule has 1 aliphatic carbocycles. The number of amides is 2. The molecule has 2 amide bonds. The first kappa shape index (κ1) is 14.8. The average molecular weight is 280 g/mol. The summed E-state index contributed by atoms with van der Waals surface area (Å²) in [5, 5.41) is 2.76. The quantitative estimate of drug-likeness (QED) is 0.870. The molecular weight excluding hydrogens is 259 g/mol. The van der Waals surface area contributed by atoms with Crippen LogP contribution in [0.5, 0.6) is 0 Å². The largest absolute Gasteiger partial charge is 0.383 e. The second-order valence-electron chi connectivity index (χ2n) is 5.33. The predicted octanol–water partition coefficient (Wildman–Crippen LogP) is 3.02. The van der Waals surface area contributed by atoms with Crippen LogP contribution in [-0.2, 0) is 4.74 Å². The van der Waals surface area contributed by atoms with Crippen molar-refractivity contribution >= 4 is 11.7 Å². The van der Waals surface area contributed by atoms with Crippen LogP contribution in [0.4, 0.5) is 14.9 Å². The van der Waals surface area contributed by atoms with Crippen LogP contribution in [-0.4, -0.2) is 37.7 Å². The second kappa shape index (κ2) is 6.70. The molecule has 1 aliphatic rings. The maximum Gasteiger partial charge on any atom is 0.321 e. The number of benzene rings is 1. The maximum absolute atomic E-state index is 13.3. The van der Waals surface area contributed by atoms with Crippen LogP contribution in [0.1, 0.15) is 18.4 Å². The lowest BCUT2D eigenvalue weighted by Gasteiger charge is -2.22. The number of hydrogen-bond acceptors (Lipinski definition) is 2. The summed E-state index contributed by atoms with van der Waals surface area (Å²) in [7, 11) is 1.61. The summed E-state index contributed by atoms with van der Waals surface area (Å²) >= 11 is 0. The number of nitrogens with zero attached hydrogens (tertiary/aromatic N) is 1. The summed E-state index contributed by atoms with van der Waals surface area (Å²) in [5.41, 5.74) is 1.27. The van der Waals surface area contributed by atoms with E-state index < -0.39 is 0 Å². The van der Waals surface area contributed by atoms with Crippen molar-refractivity contribution in [2.45, 2.75) is 19.8 Å². The minimum Gasteiger partial charge on any atom is -0.383 e. The summed E-state index contributed by atoms with van der Waals surface area (Å²) in [6.07, 6.45) is 2.35. The summed E-state index contributed by atoms with van der Waals surface area (Å²) in [4.78, 5) is 14.0. The number of ether oxygens (including phenoxy) is 1. The zero-order valence-corrected chi connectivity index (χ0v) is 12.0. The number of hydrogen-bond donors (Lipinski definition) is 1. The summed E-state index contributed by atoms with van der Waals surface area (Å²) < 4.78 is 18.3. The first-order valence-electron chi connectivity index (χ1n) is 6.90. The molecule has 1 aromatic rings. The smallest absolute Gasteiger partial charge is 0.321 e. The van der Waals surface area contributed by atoms with Gasteiger partial charge in [-0.3, -0.25) is 0 Å². The monoisotopic (exact) mass is 280 g/mol. The highest BCUT2D eigenvalue weighted by molar-refractivity contribution is 5.89. The van der Waals surface area contributed by atoms with Gasteiger partial charge < -0.3 is 15.0 Å². The molecule has 0 bridgehead atoms. The molecule has 0 atom stereocenters. The molecule has 0 spiro atoms. The molecule has 0 aliphatic heterocycles. The Labute approximate surface area is 118 Å². The van der Waals surface area contributed by atoms with Gasteiger partial charge in [0.05, 0.1) is 6.61 Å². The molecule has 110 valence electrons. The molecule has 0 unspecified atom stereocenters. The first-order chi connectivity index (χ1) is 9.58. The van der Waals surface area contributed by atoms with Gasteiger partial charge in [-0.05, 0) is 49.4 Å². The summed E-state index contributed by atoms with van der Waals surface area (Å²) in [6, 6.07) is 4.32. The van der Waals surface area contributed by atoms with Crippen LogP contribution >= 0.6 is 0 Å². The Hall–Kier alpha value is -1.62. The van der Waals surface area contributed by atoms with Crippen molar-refractivity contribution in [3.05, 3.63) is 29.6 Å². The van der Waals surface area contributed by atoms with E-state index in [1.807, 2.05) is 0 Å². The number of anilines is 1. The van der Waals surface area contributed by atoms with Crippen molar-refractivity contribution in [1.29, 1.82) is 0 Å². The zero-order valence-electron chi connectivity index (χ0n) is 12.0. The highest BCUT2D eigenvalue weighted by atomic mass is 19.1. The molecule has 1 N–H and O–H groups in total. The maximum atomic E-state index is 13.3. The minimum absolute atomic E-state index is 0.195. The number of rotatable bonds is 6. The van der Waals surface area contributed by atoms with Crippen LogP contribution in [0.25, 0.3) is 0 Å². The van der Waals surface area contributed by atoms with Gasteiger partial charge >= 0.3 is 6.03 Å². The molecule has 20 heavy (non-hydrogen) atoms. The Kier molecular flexibility index (Phi) is 4.95. The highest BCUT2D eigenvalue weighted by Gasteiger charge is 2.26. The first-order valence-corrected chi connectivity index (χ1v) is 6.90. The van der Waals surface area contributed by atoms with E-state index in [4.69, 9.17) is 4.74 Å². The van der Waals surface area contributed by atoms with E-state index >= 15 is 0 Å². The number of nitrogens with one attached hydrogen (secondary N) is 1. The number of halogens is 1. The minimum atomic E-state index is -0.342. The molecule has 1 aromatic carbocycles. The Bertz CT molecular complexity index is 455. The Morgan fingerprint density at radius 2 is 2.20 bits per heavy atom. The molecule has 1 saturated carbocycles. The molecule has 4 nitrogen and oxygen atoms in total. The standard InChI is InChI=1S/C15H21FN2O2/c1-11-7-13(16)9-14(8-11)17-15(19)18(5-6-20-2)10-12-3-4-12/h7-9,12H,3-6,10H2,1-2H3,(H,17,19). The van der Waals surface area contributed by atoms with E-state index in [1.165, 1.54) is 25.0 Å². The fourth-order valence-corrected chi connectivity index (χ4v) is 2.10. The normalized spacial score (nSPS) is 14.2. The van der Waals surface area contributed by atoms with Gasteiger partial charge in [0.2, 0.25) is 0 Å². The van der Waals surface area contributed by atoms with Gasteiger partial charge in [-0.15, -0.1) is 0 Å². The van der Waals surface area contributed by atoms with Crippen LogP contribution in [0.3, 0.4) is 0 Å². The Morgan fingerprint density at radius 1 is 1.45 bits per heavy atom. The van der Waals surface area contributed by atoms with Crippen molar-refractivity contribution in [2.24, 2.45) is 5.92 Å². The van der Waals surface area contributed by atoms with E-state index in [0.29, 0.717) is 24.8 Å². The van der Waals surface area contributed by atoms with E-state index in [1.54, 1.807) is 25.0 Å². The van der Waals surface area contributed by atoms with E-state index in [-0.39, 0.29) is 11.8 Å². The lowest BCUT2D eigenvalue weighted by Crippen LogP contribution is -2.38. The molecule has 1 fully saturated rings. The fraction of sp³-hybridized carbons (Fsp3) is 0.533. The number of aryl methyl sites for hydroxylation is 1. The van der Waals surface area contributed by atoms with Gasteiger partial charge in [0.25, 0.3) is 0 Å². The van der Waals surface area contributed by atoms with Crippen molar-refractivity contribution in [2.75, 3.05) is 32.1 Å². The number of carbonyl (C=O) groups is 1. The van der Waals surface area contributed by atoms with Gasteiger partial charge in [0, 0.05) is 25.9 Å². The van der Waals surface area contributed by atoms with Crippen LogP contribution in [0.15, 0.2) is 18.2 Å². The topological polar surface area (TPSA) is 41.6 Å². The number of methoxy groups -OCH3 is 1. The third-order valence-corrected chi connectivity index (χ3v) is 3.32. The molecule has 0 radical (unpaired) electrons. The highest BCUT2D eigenvalue weighted by Crippen LogP contribution is 2.29. The van der Waals surface area contributed by atoms with E-state index in [2.05, 4.69) is 5.32 Å². The Balaban J connectivity index is 1.98. The van der Waals surface area contributed by atoms with Crippen LogP contribution < -0.4 is 5.32 Å². The molecule has 2 rings (SSSR count). The lowest BCUT2D eigenvalue weighted by molar-refractivity contribution is 0.153. The van der Waals surface area contributed by atoms with E-state index in [0.717, 1.165) is 12.1 Å². The van der Waals surface area contributed by atoms with Gasteiger partial charge in [0.15, 0.2) is 0 Å². The SMILES string of the molecule is COCCN(CC1CC1)C(=O)Nc1cc(C)cc(F)c1. The average Bonchev–Trinajstić information content (AvgIpc) is 3.16. The molecule has 5 heteroatoms. The third-order valence-electron chi connectivity index (χ3n) is 3.32. The molecular formula is C15H21FN2O2. The van der Waals surface area contributed by atoms with Crippen molar-refractivity contribution in [1.82, 2.24) is 4.90 Å². The van der Waals surface area contributed by atoms with Gasteiger partial charge in [-0.1, -0.05) is 0 Å². The number of urea groups is 1. The van der Waals surface area contributed by atoms with Gasteiger partial charge in [-0.25, -0.2) is 9.18 Å². The second-order valence-corrected chi connectivity index (χ2v) is 5.33. The summed E-state index contributed by atoms with van der Waals surface area (Å²) in [6.45, 7) is 3.59. The number of carbonyl (C=O) groups excluding carboxylic acids is 1. The van der Waals surface area contributed by atoms with Gasteiger partial charge in [-0.2, -0.15) is 0 Å². The van der Waals surface area contributed by atoms with Crippen molar-refractivity contribution in [3.8, 4) is 0 Å². The molecule has 0 aromatic heterocycles. The van der Waals surface area contributed by atoms with Crippen molar-refractivity contribution < 1.29 is 13.9 Å². The zero-order chi connectivity index (χ0) is 14.5. The fourth-order valence-electron chi connectivity index (χ4n) is 2.10. The van der Waals surface area contributed by atoms with Gasteiger partial charge in [0.1, 0.15) is 5.82 Å². The predicted molar refractivity (Wildman–Crippen MR) is 76.3 cm³/mol. The van der Waals surface area contributed by atoms with Crippen LogP contribution in [0, 0.1) is 18.7 Å². The molecule has 0 heterocycles. The molecule has 0 saturated heterocycles. The summed E-state index contributed by atoms with van der Waals surface area (Å²) in [5.74, 6) is 0.262. The lowest BCUT2D eigenvalue weighted by atomic mass is 10.2. The van der Waals surface area contributed by atoms with E-state index in [9.17, 15) is 9.18 Å². The third kappa shape index (κ3) is 4.49. The Morgan fingerprint density at radius 3 is 2.80 bits per heavy atom. The van der Waals surface area contributed by atoms with Crippen LogP contribution in [0.2, 0.25) is 0 Å². The van der Waals surface area contributed by atoms with Crippen molar-refractivity contribution in [3.63, 3.8) is 0 Å².